The number of carbonyl (C=O) groups is 3. The van der Waals surface area contributed by atoms with Crippen LogP contribution in [-0.2, 0) is 25.3 Å². The van der Waals surface area contributed by atoms with Gasteiger partial charge in [-0.15, -0.1) is 0 Å². The van der Waals surface area contributed by atoms with Crippen molar-refractivity contribution < 1.29 is 23.3 Å². The molecule has 2 spiro atoms. The first-order valence-corrected chi connectivity index (χ1v) is 13.3. The highest BCUT2D eigenvalue weighted by Gasteiger charge is 2.91. The number of Topliss-reactive ketones (excluding diaryl/α,β-unsaturated/α-hetero) is 2. The molecule has 1 aliphatic heterocycles. The number of carbonyl (C=O) groups excluding carboxylic acids is 3. The maximum absolute atomic E-state index is 14.7. The van der Waals surface area contributed by atoms with Crippen LogP contribution in [0, 0.1) is 16.7 Å². The lowest BCUT2D eigenvalue weighted by Crippen LogP contribution is -2.69. The number of rotatable bonds is 4. The number of ketones is 2. The van der Waals surface area contributed by atoms with Crippen LogP contribution in [0.5, 0.6) is 0 Å². The molecule has 1 unspecified atom stereocenters. The molecule has 3 aliphatic carbocycles. The highest BCUT2D eigenvalue weighted by atomic mass is 32.2. The summed E-state index contributed by atoms with van der Waals surface area (Å²) < 4.78 is 22.7. The van der Waals surface area contributed by atoms with E-state index in [0.717, 1.165) is 0 Å². The predicted octanol–water partition coefficient (Wildman–Crippen LogP) is 3.65. The Labute approximate surface area is 206 Å². The van der Waals surface area contributed by atoms with Gasteiger partial charge in [-0.1, -0.05) is 74.5 Å². The fourth-order valence-electron chi connectivity index (χ4n) is 7.99. The molecule has 2 saturated carbocycles. The molecule has 1 N–H and O–H groups in total. The van der Waals surface area contributed by atoms with Crippen LogP contribution in [0.3, 0.4) is 0 Å². The third-order valence-electron chi connectivity index (χ3n) is 9.19. The number of esters is 1. The first-order chi connectivity index (χ1) is 16.6. The van der Waals surface area contributed by atoms with Crippen molar-refractivity contribution in [2.45, 2.75) is 44.8 Å². The van der Waals surface area contributed by atoms with E-state index in [1.165, 1.54) is 6.92 Å². The lowest BCUT2D eigenvalue weighted by Gasteiger charge is -2.49. The molecule has 0 radical (unpaired) electrons. The fraction of sp³-hybridized carbons (Fsp3) is 0.393. The molecule has 2 aromatic rings. The van der Waals surface area contributed by atoms with E-state index < -0.39 is 38.9 Å². The van der Waals surface area contributed by atoms with Crippen LogP contribution in [0.25, 0.3) is 5.57 Å². The molecular weight excluding hydrogens is 462 g/mol. The molecule has 4 aliphatic rings. The quantitative estimate of drug-likeness (QED) is 0.523. The maximum Gasteiger partial charge on any atom is 0.303 e. The van der Waals surface area contributed by atoms with Crippen molar-refractivity contribution in [3.63, 3.8) is 0 Å². The van der Waals surface area contributed by atoms with Crippen molar-refractivity contribution in [1.82, 2.24) is 4.72 Å². The first-order valence-electron chi connectivity index (χ1n) is 11.9. The van der Waals surface area contributed by atoms with E-state index in [2.05, 4.69) is 18.6 Å². The monoisotopic (exact) mass is 489 g/mol. The minimum Gasteiger partial charge on any atom is -0.448 e. The van der Waals surface area contributed by atoms with Gasteiger partial charge in [0.1, 0.15) is 5.54 Å². The Morgan fingerprint density at radius 3 is 2.29 bits per heavy atom. The van der Waals surface area contributed by atoms with Gasteiger partial charge >= 0.3 is 5.97 Å². The maximum atomic E-state index is 14.7. The van der Waals surface area contributed by atoms with Crippen molar-refractivity contribution >= 4 is 34.1 Å². The van der Waals surface area contributed by atoms with Crippen molar-refractivity contribution in [3.8, 4) is 0 Å². The van der Waals surface area contributed by atoms with E-state index >= 15 is 0 Å². The summed E-state index contributed by atoms with van der Waals surface area (Å²) in [6.07, 6.45) is 1.34. The molecule has 0 amide bonds. The molecule has 35 heavy (non-hydrogen) atoms. The first kappa shape index (κ1) is 22.6. The molecule has 7 heteroatoms. The minimum absolute atomic E-state index is 0.263. The average molecular weight is 490 g/mol. The van der Waals surface area contributed by atoms with Gasteiger partial charge in [-0.3, -0.25) is 14.4 Å². The van der Waals surface area contributed by atoms with Gasteiger partial charge in [-0.25, -0.2) is 8.93 Å². The second kappa shape index (κ2) is 7.08. The van der Waals surface area contributed by atoms with Crippen molar-refractivity contribution in [2.75, 3.05) is 5.75 Å². The van der Waals surface area contributed by atoms with E-state index in [1.807, 2.05) is 24.3 Å². The van der Waals surface area contributed by atoms with Crippen LogP contribution in [-0.4, -0.2) is 38.6 Å². The van der Waals surface area contributed by atoms with Gasteiger partial charge in [0, 0.05) is 40.7 Å². The average Bonchev–Trinajstić information content (AvgIpc) is 3.40. The van der Waals surface area contributed by atoms with Crippen LogP contribution in [0.2, 0.25) is 0 Å². The van der Waals surface area contributed by atoms with E-state index in [0.29, 0.717) is 29.7 Å². The van der Waals surface area contributed by atoms with Crippen LogP contribution in [0.4, 0.5) is 0 Å². The van der Waals surface area contributed by atoms with E-state index in [-0.39, 0.29) is 28.6 Å². The Bertz CT molecular complexity index is 1350. The van der Waals surface area contributed by atoms with Crippen molar-refractivity contribution in [3.05, 3.63) is 77.4 Å². The standard InChI is InChI=1S/C28H27NO5S/c1-17(30)34-27-20-14-15-26(25(20,2)3)16-35(33)29-28(26,27)22(23(31)19-12-8-5-9-13-19)21(24(27)32)18-10-6-4-7-11-18/h4-13,20,29H,14-16H2,1-3H3/t20-,26-,27+,28-,35?/m0/s1. The van der Waals surface area contributed by atoms with Gasteiger partial charge in [-0.2, -0.15) is 0 Å². The van der Waals surface area contributed by atoms with Gasteiger partial charge in [0.25, 0.3) is 0 Å². The zero-order valence-electron chi connectivity index (χ0n) is 19.9. The van der Waals surface area contributed by atoms with E-state index in [9.17, 15) is 18.6 Å². The second-order valence-corrected chi connectivity index (χ2v) is 11.9. The van der Waals surface area contributed by atoms with E-state index in [4.69, 9.17) is 4.74 Å². The largest absolute Gasteiger partial charge is 0.448 e. The third-order valence-corrected chi connectivity index (χ3v) is 10.5. The Morgan fingerprint density at radius 2 is 1.66 bits per heavy atom. The molecule has 2 aromatic carbocycles. The van der Waals surface area contributed by atoms with Gasteiger partial charge in [0.15, 0.2) is 5.78 Å². The van der Waals surface area contributed by atoms with E-state index in [1.54, 1.807) is 36.4 Å². The Morgan fingerprint density at radius 1 is 1.03 bits per heavy atom. The van der Waals surface area contributed by atoms with Gasteiger partial charge in [-0.05, 0) is 23.8 Å². The zero-order chi connectivity index (χ0) is 24.8. The summed E-state index contributed by atoms with van der Waals surface area (Å²) >= 11 is 0. The molecule has 5 atom stereocenters. The number of benzene rings is 2. The lowest BCUT2D eigenvalue weighted by molar-refractivity contribution is -0.177. The summed E-state index contributed by atoms with van der Waals surface area (Å²) in [7, 11) is -1.51. The highest BCUT2D eigenvalue weighted by Crippen LogP contribution is 2.80. The van der Waals surface area contributed by atoms with Crippen LogP contribution < -0.4 is 4.72 Å². The predicted molar refractivity (Wildman–Crippen MR) is 131 cm³/mol. The zero-order valence-corrected chi connectivity index (χ0v) is 20.7. The number of hydrogen-bond donors (Lipinski definition) is 1. The summed E-state index contributed by atoms with van der Waals surface area (Å²) in [6.45, 7) is 5.44. The molecule has 0 aromatic heterocycles. The molecule has 1 heterocycles. The summed E-state index contributed by atoms with van der Waals surface area (Å²) in [5.41, 5.74) is -2.64. The molecule has 180 valence electrons. The topological polar surface area (TPSA) is 89.5 Å². The fourth-order valence-corrected chi connectivity index (χ4v) is 10.0. The summed E-state index contributed by atoms with van der Waals surface area (Å²) in [5.74, 6) is -1.29. The normalized spacial score (nSPS) is 36.3. The number of nitrogens with one attached hydrogen (secondary N) is 1. The smallest absolute Gasteiger partial charge is 0.303 e. The SMILES string of the molecule is CC(=O)O[C@]12C(=O)C(c3ccccc3)=C(C(=O)c3ccccc3)[C@@]13NS(=O)C[C@]31CC[C@H]2C1(C)C. The molecule has 2 bridgehead atoms. The Balaban J connectivity index is 1.76. The molecule has 1 saturated heterocycles. The summed E-state index contributed by atoms with van der Waals surface area (Å²) in [5, 5.41) is 0. The van der Waals surface area contributed by atoms with Crippen molar-refractivity contribution in [2.24, 2.45) is 16.7 Å². The Kier molecular flexibility index (Phi) is 4.56. The molecular formula is C28H27NO5S. The Hall–Kier alpha value is -2.90. The number of fused-ring (bicyclic) bond motifs is 2. The van der Waals surface area contributed by atoms with Crippen LogP contribution in [0.15, 0.2) is 66.2 Å². The van der Waals surface area contributed by atoms with Gasteiger partial charge in [0.2, 0.25) is 11.4 Å². The van der Waals surface area contributed by atoms with Gasteiger partial charge < -0.3 is 4.74 Å². The van der Waals surface area contributed by atoms with Crippen LogP contribution >= 0.6 is 0 Å². The number of hydrogen-bond acceptors (Lipinski definition) is 5. The minimum atomic E-state index is -1.64. The molecule has 3 fully saturated rings. The van der Waals surface area contributed by atoms with Crippen LogP contribution in [0.1, 0.15) is 49.5 Å². The molecule has 6 nitrogen and oxygen atoms in total. The second-order valence-electron chi connectivity index (χ2n) is 10.7. The summed E-state index contributed by atoms with van der Waals surface area (Å²) in [4.78, 5) is 41.7. The number of ether oxygens (including phenoxy) is 1. The molecule has 6 rings (SSSR count). The van der Waals surface area contributed by atoms with Crippen molar-refractivity contribution in [1.29, 1.82) is 0 Å². The van der Waals surface area contributed by atoms with Gasteiger partial charge in [0.05, 0.1) is 11.0 Å². The third kappa shape index (κ3) is 2.38. The highest BCUT2D eigenvalue weighted by molar-refractivity contribution is 7.83. The summed E-state index contributed by atoms with van der Waals surface area (Å²) in [6, 6.07) is 17.9. The lowest BCUT2D eigenvalue weighted by atomic mass is 9.58.